The minimum Gasteiger partial charge on any atom is -0.496 e. The molecule has 12 heteroatoms. The summed E-state index contributed by atoms with van der Waals surface area (Å²) in [6.07, 6.45) is 1.42. The molecule has 0 bridgehead atoms. The molecule has 1 aromatic carbocycles. The van der Waals surface area contributed by atoms with Gasteiger partial charge in [-0.25, -0.2) is 15.0 Å². The third kappa shape index (κ3) is 4.70. The third-order valence-electron chi connectivity index (χ3n) is 6.16. The Morgan fingerprint density at radius 1 is 1.14 bits per heavy atom. The Balaban J connectivity index is 1.23. The number of H-pyrrole nitrogens is 1. The smallest absolute Gasteiger partial charge is 0.277 e. The quantitative estimate of drug-likeness (QED) is 0.411. The van der Waals surface area contributed by atoms with Gasteiger partial charge in [0.25, 0.3) is 11.8 Å². The number of piperidine rings is 1. The zero-order valence-electron chi connectivity index (χ0n) is 19.7. The van der Waals surface area contributed by atoms with Crippen LogP contribution in [0, 0.1) is 22.7 Å². The van der Waals surface area contributed by atoms with Gasteiger partial charge in [0.1, 0.15) is 29.3 Å². The van der Waals surface area contributed by atoms with Gasteiger partial charge in [0, 0.05) is 35.8 Å². The number of aromatic nitrogens is 4. The molecule has 2 amide bonds. The number of methoxy groups -OCH3 is 1. The molecular weight excluding hydrogens is 492 g/mol. The number of nitrogens with one attached hydrogen (secondary N) is 2. The summed E-state index contributed by atoms with van der Waals surface area (Å²) in [5.74, 6) is 0.106. The molecule has 0 atom stereocenters. The Bertz CT molecular complexity index is 1560. The number of hydrogen-bond acceptors (Lipinski definition) is 9. The number of imidazole rings is 1. The van der Waals surface area contributed by atoms with E-state index < -0.39 is 5.91 Å². The second-order valence-corrected chi connectivity index (χ2v) is 9.24. The fourth-order valence-electron chi connectivity index (χ4n) is 4.26. The second kappa shape index (κ2) is 10.0. The predicted octanol–water partition coefficient (Wildman–Crippen LogP) is 3.44. The molecule has 3 aromatic heterocycles. The number of aromatic amines is 1. The third-order valence-corrected chi connectivity index (χ3v) is 7.16. The first-order valence-corrected chi connectivity index (χ1v) is 12.3. The first-order valence-electron chi connectivity index (χ1n) is 11.4. The molecule has 4 aromatic rings. The number of thiazole rings is 1. The zero-order chi connectivity index (χ0) is 25.9. The number of para-hydroxylation sites is 1. The number of nitrogens with zero attached hydrogens (tertiary/aromatic N) is 6. The highest BCUT2D eigenvalue weighted by molar-refractivity contribution is 7.10. The topological polar surface area (TPSA) is 161 Å². The molecule has 4 heterocycles. The first kappa shape index (κ1) is 23.9. The van der Waals surface area contributed by atoms with Crippen LogP contribution < -0.4 is 10.1 Å². The van der Waals surface area contributed by atoms with Crippen LogP contribution in [0.4, 0.5) is 5.95 Å². The number of carbonyl (C=O) groups excluding carboxylic acids is 2. The van der Waals surface area contributed by atoms with E-state index in [1.807, 2.05) is 30.3 Å². The van der Waals surface area contributed by atoms with Crippen molar-refractivity contribution in [1.82, 2.24) is 24.8 Å². The van der Waals surface area contributed by atoms with Crippen molar-refractivity contribution >= 4 is 40.0 Å². The molecule has 1 aliphatic heterocycles. The maximum Gasteiger partial charge on any atom is 0.277 e. The van der Waals surface area contributed by atoms with Crippen LogP contribution in [0.1, 0.15) is 56.1 Å². The van der Waals surface area contributed by atoms with Crippen molar-refractivity contribution in [3.05, 3.63) is 63.5 Å². The molecule has 1 saturated heterocycles. The highest BCUT2D eigenvalue weighted by atomic mass is 32.1. The Morgan fingerprint density at radius 3 is 2.62 bits per heavy atom. The SMILES string of the molecule is COc1cc(C(=O)N2CCC(c3nc(C(=O)Nc4nc(C#N)c(C#N)[nH]4)cs3)CC2)nc2ccccc12. The van der Waals surface area contributed by atoms with Crippen LogP contribution in [0.5, 0.6) is 5.75 Å². The number of rotatable bonds is 5. The highest BCUT2D eigenvalue weighted by Crippen LogP contribution is 2.32. The van der Waals surface area contributed by atoms with Gasteiger partial charge in [-0.1, -0.05) is 12.1 Å². The Morgan fingerprint density at radius 2 is 1.92 bits per heavy atom. The number of fused-ring (bicyclic) bond motifs is 1. The minimum absolute atomic E-state index is 0.0124. The number of hydrogen-bond donors (Lipinski definition) is 2. The van der Waals surface area contributed by atoms with Crippen molar-refractivity contribution in [3.8, 4) is 17.9 Å². The number of amides is 2. The maximum atomic E-state index is 13.2. The highest BCUT2D eigenvalue weighted by Gasteiger charge is 2.28. The number of ether oxygens (including phenoxy) is 1. The summed E-state index contributed by atoms with van der Waals surface area (Å²) >= 11 is 1.39. The average Bonchev–Trinajstić information content (AvgIpc) is 3.59. The molecule has 0 aliphatic carbocycles. The Kier molecular flexibility index (Phi) is 6.49. The maximum absolute atomic E-state index is 13.2. The summed E-state index contributed by atoms with van der Waals surface area (Å²) < 4.78 is 5.47. The van der Waals surface area contributed by atoms with E-state index in [0.717, 1.165) is 10.4 Å². The number of pyridine rings is 1. The van der Waals surface area contributed by atoms with Gasteiger partial charge in [-0.05, 0) is 25.0 Å². The lowest BCUT2D eigenvalue weighted by atomic mass is 9.97. The van der Waals surface area contributed by atoms with Gasteiger partial charge in [-0.3, -0.25) is 14.9 Å². The van der Waals surface area contributed by atoms with Crippen LogP contribution in [0.2, 0.25) is 0 Å². The van der Waals surface area contributed by atoms with Crippen LogP contribution in [0.25, 0.3) is 10.9 Å². The van der Waals surface area contributed by atoms with Crippen molar-refractivity contribution in [2.75, 3.05) is 25.5 Å². The fraction of sp³-hybridized carbons (Fsp3) is 0.240. The van der Waals surface area contributed by atoms with E-state index in [1.165, 1.54) is 11.3 Å². The van der Waals surface area contributed by atoms with Gasteiger partial charge < -0.3 is 14.6 Å². The molecule has 0 unspecified atom stereocenters. The molecule has 0 radical (unpaired) electrons. The van der Waals surface area contributed by atoms with E-state index in [4.69, 9.17) is 15.3 Å². The summed E-state index contributed by atoms with van der Waals surface area (Å²) in [6.45, 7) is 1.09. The molecule has 1 aliphatic rings. The summed E-state index contributed by atoms with van der Waals surface area (Å²) in [4.78, 5) is 43.1. The molecule has 2 N–H and O–H groups in total. The van der Waals surface area contributed by atoms with E-state index in [1.54, 1.807) is 29.5 Å². The molecule has 37 heavy (non-hydrogen) atoms. The van der Waals surface area contributed by atoms with E-state index >= 15 is 0 Å². The molecule has 0 saturated carbocycles. The molecule has 0 spiro atoms. The lowest BCUT2D eigenvalue weighted by Gasteiger charge is -2.31. The number of likely N-dealkylation sites (tertiary alicyclic amines) is 1. The monoisotopic (exact) mass is 512 g/mol. The van der Waals surface area contributed by atoms with Crippen molar-refractivity contribution in [2.45, 2.75) is 18.8 Å². The van der Waals surface area contributed by atoms with Gasteiger partial charge in [0.2, 0.25) is 5.95 Å². The summed E-state index contributed by atoms with van der Waals surface area (Å²) in [6, 6.07) is 12.8. The van der Waals surface area contributed by atoms with E-state index in [-0.39, 0.29) is 34.9 Å². The van der Waals surface area contributed by atoms with Gasteiger partial charge in [-0.15, -0.1) is 11.3 Å². The largest absolute Gasteiger partial charge is 0.496 e. The molecule has 11 nitrogen and oxygen atoms in total. The lowest BCUT2D eigenvalue weighted by molar-refractivity contribution is 0.0707. The van der Waals surface area contributed by atoms with Crippen molar-refractivity contribution in [3.63, 3.8) is 0 Å². The van der Waals surface area contributed by atoms with Gasteiger partial charge >= 0.3 is 0 Å². The van der Waals surface area contributed by atoms with Crippen LogP contribution in [0.15, 0.2) is 35.7 Å². The van der Waals surface area contributed by atoms with Crippen LogP contribution in [-0.4, -0.2) is 56.8 Å². The fourth-order valence-corrected chi connectivity index (χ4v) is 5.23. The minimum atomic E-state index is -0.492. The molecule has 5 rings (SSSR count). The molecule has 1 fully saturated rings. The van der Waals surface area contributed by atoms with Crippen LogP contribution in [0.3, 0.4) is 0 Å². The average molecular weight is 513 g/mol. The summed E-state index contributed by atoms with van der Waals surface area (Å²) in [5, 5.41) is 23.9. The zero-order valence-corrected chi connectivity index (χ0v) is 20.5. The summed E-state index contributed by atoms with van der Waals surface area (Å²) in [5.41, 5.74) is 1.17. The number of nitriles is 2. The number of carbonyl (C=O) groups is 2. The number of anilines is 1. The van der Waals surface area contributed by atoms with Crippen LogP contribution in [-0.2, 0) is 0 Å². The van der Waals surface area contributed by atoms with Crippen molar-refractivity contribution < 1.29 is 14.3 Å². The van der Waals surface area contributed by atoms with Crippen LogP contribution >= 0.6 is 11.3 Å². The van der Waals surface area contributed by atoms with Gasteiger partial charge in [0.15, 0.2) is 11.4 Å². The normalized spacial score (nSPS) is 13.6. The van der Waals surface area contributed by atoms with Gasteiger partial charge in [0.05, 0.1) is 17.6 Å². The van der Waals surface area contributed by atoms with Crippen molar-refractivity contribution in [1.29, 1.82) is 10.5 Å². The Labute approximate surface area is 215 Å². The standard InChI is InChI=1S/C25H20N8O3S/c1-36-21-10-17(28-16-5-3-2-4-15(16)21)24(35)33-8-6-14(7-9-33)23-29-20(13-37-23)22(34)32-25-30-18(11-26)19(12-27)31-25/h2-5,10,13-14H,6-9H2,1H3,(H2,30,31,32,34). The van der Waals surface area contributed by atoms with Gasteiger partial charge in [-0.2, -0.15) is 10.5 Å². The number of benzene rings is 1. The van der Waals surface area contributed by atoms with E-state index in [9.17, 15) is 9.59 Å². The predicted molar refractivity (Wildman–Crippen MR) is 134 cm³/mol. The van der Waals surface area contributed by atoms with E-state index in [2.05, 4.69) is 25.3 Å². The Hall–Kier alpha value is -4.81. The van der Waals surface area contributed by atoms with Crippen molar-refractivity contribution in [2.24, 2.45) is 0 Å². The molecular formula is C25H20N8O3S. The summed E-state index contributed by atoms with van der Waals surface area (Å²) in [7, 11) is 1.58. The molecule has 184 valence electrons. The first-order chi connectivity index (χ1) is 18.0. The second-order valence-electron chi connectivity index (χ2n) is 8.35. The van der Waals surface area contributed by atoms with E-state index in [0.29, 0.717) is 42.9 Å². The lowest BCUT2D eigenvalue weighted by Crippen LogP contribution is -2.38.